The van der Waals surface area contributed by atoms with Crippen molar-refractivity contribution in [3.05, 3.63) is 30.5 Å². The third kappa shape index (κ3) is 3.15. The minimum Gasteiger partial charge on any atom is -0.346 e. The van der Waals surface area contributed by atoms with Gasteiger partial charge in [0.15, 0.2) is 0 Å². The number of hydrazine groups is 1. The highest BCUT2D eigenvalue weighted by molar-refractivity contribution is 5.90. The van der Waals surface area contributed by atoms with Gasteiger partial charge < -0.3 is 15.7 Å². The van der Waals surface area contributed by atoms with Crippen molar-refractivity contribution in [1.82, 2.24) is 25.4 Å². The summed E-state index contributed by atoms with van der Waals surface area (Å²) in [5, 5.41) is 11.8. The Bertz CT molecular complexity index is 927. The van der Waals surface area contributed by atoms with Crippen LogP contribution in [0, 0.1) is 17.2 Å². The molecule has 3 unspecified atom stereocenters. The smallest absolute Gasteiger partial charge is 0.248 e. The van der Waals surface area contributed by atoms with Crippen molar-refractivity contribution in [1.29, 1.82) is 5.26 Å². The van der Waals surface area contributed by atoms with Crippen molar-refractivity contribution >= 4 is 16.6 Å². The minimum absolute atomic E-state index is 0.136. The summed E-state index contributed by atoms with van der Waals surface area (Å²) >= 11 is 0. The van der Waals surface area contributed by atoms with Gasteiger partial charge in [-0.1, -0.05) is 0 Å². The number of halogens is 2. The molecule has 0 saturated heterocycles. The predicted octanol–water partition coefficient (Wildman–Crippen LogP) is 2.51. The lowest BCUT2D eigenvalue weighted by Gasteiger charge is -2.34. The van der Waals surface area contributed by atoms with E-state index < -0.39 is 11.6 Å². The van der Waals surface area contributed by atoms with Gasteiger partial charge in [0, 0.05) is 36.2 Å². The van der Waals surface area contributed by atoms with Crippen LogP contribution < -0.4 is 11.2 Å². The fourth-order valence-corrected chi connectivity index (χ4v) is 4.11. The molecule has 7 nitrogen and oxygen atoms in total. The van der Waals surface area contributed by atoms with Crippen LogP contribution in [0.2, 0.25) is 0 Å². The van der Waals surface area contributed by atoms with E-state index in [9.17, 15) is 14.0 Å². The Morgan fingerprint density at radius 1 is 1.48 bits per heavy atom. The number of hydrogen-bond donors (Lipinski definition) is 3. The quantitative estimate of drug-likeness (QED) is 0.760. The van der Waals surface area contributed by atoms with E-state index in [0.29, 0.717) is 17.8 Å². The number of nitrogens with zero attached hydrogens (tertiary/aromatic N) is 4. The van der Waals surface area contributed by atoms with E-state index in [-0.39, 0.29) is 31.2 Å². The number of hydrogen-bond acceptors (Lipinski definition) is 6. The molecule has 4 N–H and O–H groups in total. The van der Waals surface area contributed by atoms with Crippen molar-refractivity contribution in [2.45, 2.75) is 50.2 Å². The maximum Gasteiger partial charge on any atom is 0.248 e. The van der Waals surface area contributed by atoms with Crippen LogP contribution in [0.1, 0.15) is 38.3 Å². The maximum absolute atomic E-state index is 13.7. The Hall–Kier alpha value is -2.57. The topological polar surface area (TPSA) is 107 Å². The van der Waals surface area contributed by atoms with E-state index in [1.165, 1.54) is 6.33 Å². The number of nitriles is 1. The summed E-state index contributed by atoms with van der Waals surface area (Å²) < 4.78 is 27.5. The molecule has 0 amide bonds. The number of aromatic nitrogens is 3. The lowest BCUT2D eigenvalue weighted by atomic mass is 9.95. The molecule has 0 spiro atoms. The van der Waals surface area contributed by atoms with E-state index in [1.807, 2.05) is 6.07 Å². The van der Waals surface area contributed by atoms with Crippen LogP contribution in [0.5, 0.6) is 0 Å². The lowest BCUT2D eigenvalue weighted by Crippen LogP contribution is -2.56. The molecule has 3 heterocycles. The molecule has 2 aliphatic rings. The van der Waals surface area contributed by atoms with E-state index in [4.69, 9.17) is 5.73 Å². The molecule has 9 heteroatoms. The maximum atomic E-state index is 13.7. The first-order chi connectivity index (χ1) is 12.8. The first-order valence-electron chi connectivity index (χ1n) is 8.91. The zero-order chi connectivity index (χ0) is 19.2. The molecule has 1 saturated carbocycles. The normalized spacial score (nSPS) is 28.3. The van der Waals surface area contributed by atoms with E-state index in [1.54, 1.807) is 24.3 Å². The third-order valence-corrected chi connectivity index (χ3v) is 5.44. The number of nitrogens with two attached hydrogens (primary N) is 1. The van der Waals surface area contributed by atoms with Crippen molar-refractivity contribution in [2.24, 2.45) is 11.7 Å². The number of fused-ring (bicyclic) bond motifs is 1. The van der Waals surface area contributed by atoms with Crippen LogP contribution in [0.3, 0.4) is 0 Å². The zero-order valence-corrected chi connectivity index (χ0v) is 14.9. The fourth-order valence-electron chi connectivity index (χ4n) is 4.11. The minimum atomic E-state index is -2.67. The van der Waals surface area contributed by atoms with Crippen molar-refractivity contribution in [2.75, 3.05) is 0 Å². The molecule has 0 bridgehead atoms. The molecule has 2 aromatic heterocycles. The molecule has 3 atom stereocenters. The Kier molecular flexibility index (Phi) is 4.13. The highest BCUT2D eigenvalue weighted by atomic mass is 19.3. The third-order valence-electron chi connectivity index (χ3n) is 5.44. The van der Waals surface area contributed by atoms with Gasteiger partial charge in [0.25, 0.3) is 0 Å². The molecule has 1 fully saturated rings. The second-order valence-electron chi connectivity index (χ2n) is 7.51. The van der Waals surface area contributed by atoms with Gasteiger partial charge in [-0.3, -0.25) is 0 Å². The van der Waals surface area contributed by atoms with E-state index in [0.717, 1.165) is 11.0 Å². The molecule has 1 aliphatic heterocycles. The second-order valence-corrected chi connectivity index (χ2v) is 7.51. The van der Waals surface area contributed by atoms with Crippen LogP contribution in [-0.4, -0.2) is 37.6 Å². The summed E-state index contributed by atoms with van der Waals surface area (Å²) in [5.74, 6) is -2.95. The van der Waals surface area contributed by atoms with E-state index in [2.05, 4.69) is 26.4 Å². The predicted molar refractivity (Wildman–Crippen MR) is 95.7 cm³/mol. The van der Waals surface area contributed by atoms with Crippen LogP contribution in [0.4, 0.5) is 8.78 Å². The molecule has 27 heavy (non-hydrogen) atoms. The Morgan fingerprint density at radius 3 is 3.00 bits per heavy atom. The van der Waals surface area contributed by atoms with Crippen molar-refractivity contribution in [3.8, 4) is 6.07 Å². The first kappa shape index (κ1) is 17.8. The number of alkyl halides is 2. The van der Waals surface area contributed by atoms with Gasteiger partial charge in [-0.15, -0.1) is 0 Å². The average molecular weight is 373 g/mol. The van der Waals surface area contributed by atoms with Gasteiger partial charge in [-0.2, -0.15) is 5.26 Å². The molecule has 4 rings (SSSR count). The first-order valence-corrected chi connectivity index (χ1v) is 8.91. The fraction of sp³-hybridized carbons (Fsp3) is 0.500. The van der Waals surface area contributed by atoms with Crippen LogP contribution in [-0.2, 0) is 0 Å². The van der Waals surface area contributed by atoms with Gasteiger partial charge in [-0.05, 0) is 25.3 Å². The average Bonchev–Trinajstić information content (AvgIpc) is 3.29. The number of rotatable bonds is 4. The summed E-state index contributed by atoms with van der Waals surface area (Å²) in [4.78, 5) is 11.6. The summed E-state index contributed by atoms with van der Waals surface area (Å²) in [5.41, 5.74) is 10.8. The van der Waals surface area contributed by atoms with Crippen molar-refractivity contribution in [3.63, 3.8) is 0 Å². The zero-order valence-electron chi connectivity index (χ0n) is 14.9. The summed E-state index contributed by atoms with van der Waals surface area (Å²) in [6.45, 7) is 1.80. The van der Waals surface area contributed by atoms with E-state index >= 15 is 0 Å². The molecule has 0 aromatic carbocycles. The summed E-state index contributed by atoms with van der Waals surface area (Å²) in [7, 11) is 0. The molecule has 0 radical (unpaired) electrons. The van der Waals surface area contributed by atoms with Crippen LogP contribution in [0.25, 0.3) is 16.6 Å². The van der Waals surface area contributed by atoms with Crippen LogP contribution >= 0.6 is 0 Å². The van der Waals surface area contributed by atoms with Gasteiger partial charge in [-0.25, -0.2) is 24.2 Å². The molecule has 1 aliphatic carbocycles. The Balaban J connectivity index is 1.70. The second kappa shape index (κ2) is 6.25. The number of H-pyrrole nitrogens is 1. The highest BCUT2D eigenvalue weighted by Gasteiger charge is 2.46. The van der Waals surface area contributed by atoms with Crippen molar-refractivity contribution < 1.29 is 8.78 Å². The Labute approximate surface area is 155 Å². The van der Waals surface area contributed by atoms with Crippen LogP contribution in [0.15, 0.2) is 24.8 Å². The number of nitrogens with one attached hydrogen (secondary N) is 2. The summed E-state index contributed by atoms with van der Waals surface area (Å²) in [6, 6.07) is 3.62. The van der Waals surface area contributed by atoms with Gasteiger partial charge in [0.2, 0.25) is 5.92 Å². The molecule has 142 valence electrons. The Morgan fingerprint density at radius 2 is 2.30 bits per heavy atom. The lowest BCUT2D eigenvalue weighted by molar-refractivity contribution is -0.000981. The monoisotopic (exact) mass is 373 g/mol. The number of aromatic amines is 1. The SMILES string of the molecule is CC1(N)NN(C(CC#N)C2CCC(F)(F)C2)C=C1c1ncnc2[nH]ccc12. The van der Waals surface area contributed by atoms with Gasteiger partial charge in [0.05, 0.1) is 24.2 Å². The standard InChI is InChI=1S/C18H21F2N7/c1-17(22)13(15-12-4-7-23-16(12)25-10-24-15)9-27(26-17)14(3-6-21)11-2-5-18(19,20)8-11/h4,7,9-11,14,26H,2-3,5,8,22H2,1H3,(H,23,24,25). The molecule has 2 aromatic rings. The molecular formula is C18H21F2N7. The molecular weight excluding hydrogens is 352 g/mol. The van der Waals surface area contributed by atoms with Gasteiger partial charge in [0.1, 0.15) is 17.6 Å². The van der Waals surface area contributed by atoms with Gasteiger partial charge >= 0.3 is 0 Å². The largest absolute Gasteiger partial charge is 0.346 e. The highest BCUT2D eigenvalue weighted by Crippen LogP contribution is 2.43. The summed E-state index contributed by atoms with van der Waals surface area (Å²) in [6.07, 6.45) is 5.20.